The largest absolute Gasteiger partial charge is 0.331 e. The molecule has 8 heteroatoms. The zero-order chi connectivity index (χ0) is 17.4. The van der Waals surface area contributed by atoms with Gasteiger partial charge in [0.05, 0.1) is 0 Å². The van der Waals surface area contributed by atoms with E-state index in [4.69, 9.17) is 0 Å². The number of carbonyl (C=O) groups excluding carboxylic acids is 3. The number of aromatic nitrogens is 3. The fraction of sp³-hybridized carbons (Fsp3) is 0.688. The summed E-state index contributed by atoms with van der Waals surface area (Å²) < 4.78 is 0. The Balaban J connectivity index is 0.000000355. The number of imide groups is 2. The highest BCUT2D eigenvalue weighted by Gasteiger charge is 2.43. The van der Waals surface area contributed by atoms with Gasteiger partial charge in [-0.05, 0) is 19.3 Å². The Morgan fingerprint density at radius 1 is 1.21 bits per heavy atom. The molecule has 1 aromatic rings. The van der Waals surface area contributed by atoms with E-state index >= 15 is 0 Å². The molecule has 0 aromatic carbocycles. The van der Waals surface area contributed by atoms with Crippen molar-refractivity contribution in [3.8, 4) is 0 Å². The molecular weight excluding hydrogens is 310 g/mol. The van der Waals surface area contributed by atoms with Crippen LogP contribution in [0.25, 0.3) is 0 Å². The van der Waals surface area contributed by atoms with Crippen molar-refractivity contribution < 1.29 is 14.4 Å². The van der Waals surface area contributed by atoms with E-state index in [1.807, 2.05) is 6.92 Å². The third kappa shape index (κ3) is 4.62. The summed E-state index contributed by atoms with van der Waals surface area (Å²) in [5.74, 6) is -1.37. The van der Waals surface area contributed by atoms with Gasteiger partial charge in [0, 0.05) is 6.04 Å². The van der Waals surface area contributed by atoms with Crippen molar-refractivity contribution in [3.05, 3.63) is 12.7 Å². The van der Waals surface area contributed by atoms with E-state index in [0.717, 1.165) is 38.5 Å². The van der Waals surface area contributed by atoms with Crippen LogP contribution in [0.4, 0.5) is 4.79 Å². The summed E-state index contributed by atoms with van der Waals surface area (Å²) in [6.45, 7) is 2.02. The minimum Gasteiger partial charge on any atom is -0.277 e. The first-order valence-electron chi connectivity index (χ1n) is 8.61. The number of hydrogen-bond acceptors (Lipinski definition) is 5. The van der Waals surface area contributed by atoms with E-state index in [9.17, 15) is 14.4 Å². The first-order chi connectivity index (χ1) is 11.6. The van der Waals surface area contributed by atoms with Crippen molar-refractivity contribution in [1.29, 1.82) is 0 Å². The monoisotopic (exact) mass is 335 g/mol. The van der Waals surface area contributed by atoms with E-state index in [-0.39, 0.29) is 11.9 Å². The first kappa shape index (κ1) is 18.1. The van der Waals surface area contributed by atoms with Crippen molar-refractivity contribution in [2.45, 2.75) is 64.3 Å². The zero-order valence-corrected chi connectivity index (χ0v) is 14.0. The summed E-state index contributed by atoms with van der Waals surface area (Å²) in [4.78, 5) is 40.9. The van der Waals surface area contributed by atoms with Crippen LogP contribution in [-0.4, -0.2) is 44.0 Å². The molecule has 4 amide bonds. The molecule has 1 aliphatic carbocycles. The van der Waals surface area contributed by atoms with Gasteiger partial charge in [0.1, 0.15) is 18.6 Å². The predicted octanol–water partition coefficient (Wildman–Crippen LogP) is 2.01. The van der Waals surface area contributed by atoms with Gasteiger partial charge in [-0.3, -0.25) is 24.9 Å². The van der Waals surface area contributed by atoms with Gasteiger partial charge in [-0.25, -0.2) is 9.78 Å². The molecule has 8 nitrogen and oxygen atoms in total. The van der Waals surface area contributed by atoms with Crippen LogP contribution >= 0.6 is 0 Å². The van der Waals surface area contributed by atoms with E-state index in [2.05, 4.69) is 20.5 Å². The fourth-order valence-electron chi connectivity index (χ4n) is 3.15. The Hall–Kier alpha value is -2.25. The van der Waals surface area contributed by atoms with Crippen molar-refractivity contribution in [1.82, 2.24) is 25.4 Å². The summed E-state index contributed by atoms with van der Waals surface area (Å²) in [6.07, 6.45) is 10.3. The van der Waals surface area contributed by atoms with Crippen LogP contribution in [0.1, 0.15) is 58.3 Å². The summed E-state index contributed by atoms with van der Waals surface area (Å²) in [5.41, 5.74) is 0. The lowest BCUT2D eigenvalue weighted by Crippen LogP contribution is -2.61. The Kier molecular flexibility index (Phi) is 6.89. The van der Waals surface area contributed by atoms with Gasteiger partial charge in [0.25, 0.3) is 0 Å². The van der Waals surface area contributed by atoms with Crippen molar-refractivity contribution in [2.75, 3.05) is 0 Å². The number of rotatable bonds is 4. The zero-order valence-electron chi connectivity index (χ0n) is 14.0. The molecule has 3 rings (SSSR count). The van der Waals surface area contributed by atoms with Crippen LogP contribution in [0.2, 0.25) is 0 Å². The number of urea groups is 1. The number of hydrogen-bond donors (Lipinski definition) is 2. The van der Waals surface area contributed by atoms with Gasteiger partial charge in [-0.2, -0.15) is 5.10 Å². The fourth-order valence-corrected chi connectivity index (χ4v) is 3.15. The average molecular weight is 335 g/mol. The number of amides is 4. The highest BCUT2D eigenvalue weighted by molar-refractivity contribution is 6.16. The molecule has 0 radical (unpaired) electrons. The first-order valence-corrected chi connectivity index (χ1v) is 8.61. The topological polar surface area (TPSA) is 108 Å². The number of unbranched alkanes of at least 4 members (excludes halogenated alkanes) is 1. The van der Waals surface area contributed by atoms with E-state index in [0.29, 0.717) is 6.42 Å². The lowest BCUT2D eigenvalue weighted by Gasteiger charge is -2.37. The molecule has 24 heavy (non-hydrogen) atoms. The van der Waals surface area contributed by atoms with Crippen LogP contribution in [-0.2, 0) is 9.59 Å². The van der Waals surface area contributed by atoms with Crippen molar-refractivity contribution >= 4 is 17.8 Å². The molecule has 1 unspecified atom stereocenters. The molecule has 2 heterocycles. The Morgan fingerprint density at radius 3 is 2.50 bits per heavy atom. The number of aromatic amines is 1. The summed E-state index contributed by atoms with van der Waals surface area (Å²) in [6, 6.07) is -0.534. The number of barbiturate groups is 1. The van der Waals surface area contributed by atoms with Crippen LogP contribution in [0, 0.1) is 5.92 Å². The third-order valence-electron chi connectivity index (χ3n) is 4.42. The quantitative estimate of drug-likeness (QED) is 0.818. The van der Waals surface area contributed by atoms with Crippen LogP contribution in [0.15, 0.2) is 12.7 Å². The van der Waals surface area contributed by atoms with E-state index < -0.39 is 17.9 Å². The maximum absolute atomic E-state index is 12.4. The Bertz CT molecular complexity index is 523. The Morgan fingerprint density at radius 2 is 1.96 bits per heavy atom. The Labute approximate surface area is 141 Å². The number of carbonyl (C=O) groups is 3. The molecule has 0 bridgehead atoms. The molecule has 2 N–H and O–H groups in total. The van der Waals surface area contributed by atoms with Crippen LogP contribution in [0.3, 0.4) is 0 Å². The average Bonchev–Trinajstić information content (AvgIpc) is 3.15. The van der Waals surface area contributed by atoms with Crippen LogP contribution in [0.5, 0.6) is 0 Å². The summed E-state index contributed by atoms with van der Waals surface area (Å²) >= 11 is 0. The second-order valence-electron chi connectivity index (χ2n) is 6.14. The lowest BCUT2D eigenvalue weighted by molar-refractivity contribution is -0.144. The minimum atomic E-state index is -0.667. The maximum atomic E-state index is 12.4. The molecule has 132 valence electrons. The number of nitrogens with one attached hydrogen (secondary N) is 2. The van der Waals surface area contributed by atoms with Gasteiger partial charge in [0.2, 0.25) is 11.8 Å². The second kappa shape index (κ2) is 9.14. The highest BCUT2D eigenvalue weighted by Crippen LogP contribution is 2.27. The molecule has 2 aliphatic rings. The molecule has 0 spiro atoms. The normalized spacial score (nSPS) is 22.0. The highest BCUT2D eigenvalue weighted by atomic mass is 16.2. The number of nitrogens with zero attached hydrogens (tertiary/aromatic N) is 3. The smallest absolute Gasteiger partial charge is 0.277 e. The molecule has 2 fully saturated rings. The van der Waals surface area contributed by atoms with Gasteiger partial charge in [-0.1, -0.05) is 39.0 Å². The maximum Gasteiger partial charge on any atom is 0.331 e. The molecule has 1 saturated heterocycles. The van der Waals surface area contributed by atoms with Gasteiger partial charge in [-0.15, -0.1) is 0 Å². The van der Waals surface area contributed by atoms with E-state index in [1.165, 1.54) is 24.0 Å². The standard InChI is InChI=1S/C14H22N2O3.C2H3N3/c1-2-3-9-11-12(17)15-14(19)16(13(11)18)10-7-5-4-6-8-10;1-3-2-5-4-1/h10-11H,2-9H2,1H3,(H,15,17,19);1-2H,(H,3,4,5). The summed E-state index contributed by atoms with van der Waals surface area (Å²) in [5, 5.41) is 8.33. The molecule has 1 saturated carbocycles. The SMILES string of the molecule is CCCCC1C(=O)NC(=O)N(C2CCCCC2)C1=O.c1nc[nH]n1. The van der Waals surface area contributed by atoms with Crippen molar-refractivity contribution in [3.63, 3.8) is 0 Å². The number of H-pyrrole nitrogens is 1. The predicted molar refractivity (Wildman–Crippen MR) is 86.7 cm³/mol. The summed E-state index contributed by atoms with van der Waals surface area (Å²) in [7, 11) is 0. The van der Waals surface area contributed by atoms with Gasteiger partial charge in [0.15, 0.2) is 0 Å². The molecule has 1 aromatic heterocycles. The molecular formula is C16H25N5O3. The second-order valence-corrected chi connectivity index (χ2v) is 6.14. The van der Waals surface area contributed by atoms with E-state index in [1.54, 1.807) is 0 Å². The third-order valence-corrected chi connectivity index (χ3v) is 4.42. The van der Waals surface area contributed by atoms with Gasteiger partial charge >= 0.3 is 6.03 Å². The minimum absolute atomic E-state index is 0.0153. The van der Waals surface area contributed by atoms with Gasteiger partial charge < -0.3 is 0 Å². The van der Waals surface area contributed by atoms with Crippen molar-refractivity contribution in [2.24, 2.45) is 5.92 Å². The van der Waals surface area contributed by atoms with Crippen LogP contribution < -0.4 is 5.32 Å². The molecule has 1 aliphatic heterocycles. The lowest BCUT2D eigenvalue weighted by atomic mass is 9.91. The molecule has 1 atom stereocenters.